The SMILES string of the molecule is CO[C@H](C(=O)N1C(=O)OC[C@@H]1C(C)C)[C@H](OC(C)=O)c1cc(Br)c(CCCOCCOCCO)o1. The van der Waals surface area contributed by atoms with Crippen LogP contribution in [0.2, 0.25) is 0 Å². The van der Waals surface area contributed by atoms with Gasteiger partial charge in [0, 0.05) is 27.1 Å². The summed E-state index contributed by atoms with van der Waals surface area (Å²) in [5, 5.41) is 8.67. The lowest BCUT2D eigenvalue weighted by atomic mass is 10.0. The summed E-state index contributed by atoms with van der Waals surface area (Å²) in [5.41, 5.74) is 0. The zero-order valence-electron chi connectivity index (χ0n) is 20.5. The second-order valence-corrected chi connectivity index (χ2v) is 9.11. The molecular weight excluding hydrogens is 530 g/mol. The summed E-state index contributed by atoms with van der Waals surface area (Å²) in [7, 11) is 1.30. The standard InChI is InChI=1S/C23H34BrNO10/c1-14(2)17-13-33-23(29)25(17)22(28)21(30-4)20(34-15(3)27)19-12-16(24)18(35-19)6-5-8-31-10-11-32-9-7-26/h12,14,17,20-21,26H,5-11,13H2,1-4H3/t17-,20-,21+/m1/s1. The molecule has 1 aromatic rings. The number of hydrogen-bond donors (Lipinski definition) is 1. The van der Waals surface area contributed by atoms with Crippen molar-refractivity contribution in [3.05, 3.63) is 22.1 Å². The monoisotopic (exact) mass is 563 g/mol. The number of aliphatic hydroxyl groups excluding tert-OH is 1. The number of nitrogens with zero attached hydrogens (tertiary/aromatic N) is 1. The van der Waals surface area contributed by atoms with E-state index in [1.54, 1.807) is 6.07 Å². The van der Waals surface area contributed by atoms with Crippen LogP contribution < -0.4 is 0 Å². The Morgan fingerprint density at radius 2 is 1.91 bits per heavy atom. The molecule has 1 saturated heterocycles. The Morgan fingerprint density at radius 1 is 1.23 bits per heavy atom. The molecule has 3 atom stereocenters. The maximum atomic E-state index is 13.3. The minimum Gasteiger partial charge on any atom is -0.461 e. The fourth-order valence-electron chi connectivity index (χ4n) is 3.58. The molecule has 0 radical (unpaired) electrons. The van der Waals surface area contributed by atoms with Gasteiger partial charge in [-0.2, -0.15) is 0 Å². The van der Waals surface area contributed by atoms with E-state index in [-0.39, 0.29) is 31.5 Å². The smallest absolute Gasteiger partial charge is 0.417 e. The number of carbonyl (C=O) groups excluding carboxylic acids is 3. The van der Waals surface area contributed by atoms with E-state index in [0.29, 0.717) is 42.9 Å². The third-order valence-electron chi connectivity index (χ3n) is 5.34. The Labute approximate surface area is 213 Å². The molecule has 0 aliphatic carbocycles. The third-order valence-corrected chi connectivity index (χ3v) is 6.01. The van der Waals surface area contributed by atoms with Crippen LogP contribution in [0.3, 0.4) is 0 Å². The van der Waals surface area contributed by atoms with Gasteiger partial charge in [-0.05, 0) is 34.3 Å². The number of cyclic esters (lactones) is 1. The first kappa shape index (κ1) is 29.2. The summed E-state index contributed by atoms with van der Waals surface area (Å²) >= 11 is 3.45. The number of imide groups is 1. The van der Waals surface area contributed by atoms with Crippen molar-refractivity contribution >= 4 is 33.9 Å². The number of halogens is 1. The van der Waals surface area contributed by atoms with Crippen molar-refractivity contribution in [2.24, 2.45) is 5.92 Å². The van der Waals surface area contributed by atoms with Crippen LogP contribution >= 0.6 is 15.9 Å². The van der Waals surface area contributed by atoms with Crippen LogP contribution in [-0.4, -0.2) is 86.9 Å². The Kier molecular flexibility index (Phi) is 12.1. The van der Waals surface area contributed by atoms with Gasteiger partial charge in [-0.3, -0.25) is 9.59 Å². The number of furan rings is 1. The number of aryl methyl sites for hydroxylation is 1. The zero-order valence-corrected chi connectivity index (χ0v) is 22.1. The van der Waals surface area contributed by atoms with E-state index in [0.717, 1.165) is 4.90 Å². The van der Waals surface area contributed by atoms with Crippen molar-refractivity contribution in [2.45, 2.75) is 51.9 Å². The number of amides is 2. The zero-order chi connectivity index (χ0) is 26.0. The number of rotatable bonds is 15. The summed E-state index contributed by atoms with van der Waals surface area (Å²) < 4.78 is 33.1. The number of carbonyl (C=O) groups is 3. The molecule has 1 aliphatic heterocycles. The third kappa shape index (κ3) is 8.28. The van der Waals surface area contributed by atoms with Crippen molar-refractivity contribution < 1.29 is 47.6 Å². The van der Waals surface area contributed by atoms with E-state index in [1.807, 2.05) is 13.8 Å². The number of hydrogen-bond acceptors (Lipinski definition) is 10. The minimum absolute atomic E-state index is 0.0286. The van der Waals surface area contributed by atoms with Gasteiger partial charge in [0.2, 0.25) is 0 Å². The molecule has 2 heterocycles. The van der Waals surface area contributed by atoms with Gasteiger partial charge in [0.1, 0.15) is 18.1 Å². The predicted octanol–water partition coefficient (Wildman–Crippen LogP) is 2.62. The van der Waals surface area contributed by atoms with Crippen LogP contribution in [0.1, 0.15) is 44.8 Å². The van der Waals surface area contributed by atoms with Crippen LogP contribution in [0, 0.1) is 5.92 Å². The highest BCUT2D eigenvalue weighted by molar-refractivity contribution is 9.10. The Balaban J connectivity index is 2.11. The van der Waals surface area contributed by atoms with Crippen molar-refractivity contribution in [1.82, 2.24) is 4.90 Å². The predicted molar refractivity (Wildman–Crippen MR) is 126 cm³/mol. The van der Waals surface area contributed by atoms with E-state index < -0.39 is 36.2 Å². The summed E-state index contributed by atoms with van der Waals surface area (Å²) in [6.45, 7) is 6.57. The summed E-state index contributed by atoms with van der Waals surface area (Å²) in [4.78, 5) is 38.5. The quantitative estimate of drug-likeness (QED) is 0.250. The highest BCUT2D eigenvalue weighted by Gasteiger charge is 2.46. The van der Waals surface area contributed by atoms with Crippen molar-refractivity contribution in [1.29, 1.82) is 0 Å². The topological polar surface area (TPSA) is 134 Å². The molecule has 0 spiro atoms. The molecule has 1 aliphatic rings. The van der Waals surface area contributed by atoms with Gasteiger partial charge >= 0.3 is 12.1 Å². The molecule has 12 heteroatoms. The van der Waals surface area contributed by atoms with Gasteiger partial charge in [-0.15, -0.1) is 0 Å². The second-order valence-electron chi connectivity index (χ2n) is 8.25. The van der Waals surface area contributed by atoms with Gasteiger partial charge in [-0.1, -0.05) is 13.8 Å². The van der Waals surface area contributed by atoms with E-state index in [4.69, 9.17) is 33.2 Å². The Hall–Kier alpha value is -1.99. The first-order valence-electron chi connectivity index (χ1n) is 11.5. The van der Waals surface area contributed by atoms with E-state index >= 15 is 0 Å². The van der Waals surface area contributed by atoms with Gasteiger partial charge in [0.15, 0.2) is 12.2 Å². The summed E-state index contributed by atoms with van der Waals surface area (Å²) in [6, 6.07) is 1.16. The largest absolute Gasteiger partial charge is 0.461 e. The highest BCUT2D eigenvalue weighted by atomic mass is 79.9. The van der Waals surface area contributed by atoms with E-state index in [2.05, 4.69) is 15.9 Å². The molecule has 0 unspecified atom stereocenters. The number of aliphatic hydroxyl groups is 1. The summed E-state index contributed by atoms with van der Waals surface area (Å²) in [5.74, 6) is -0.566. The molecule has 198 valence electrons. The molecular formula is C23H34BrNO10. The molecule has 1 N–H and O–H groups in total. The molecule has 11 nitrogen and oxygen atoms in total. The molecule has 1 fully saturated rings. The maximum absolute atomic E-state index is 13.3. The first-order valence-corrected chi connectivity index (χ1v) is 12.2. The van der Waals surface area contributed by atoms with Crippen molar-refractivity contribution in [2.75, 3.05) is 46.8 Å². The normalized spacial score (nSPS) is 17.5. The lowest BCUT2D eigenvalue weighted by molar-refractivity contribution is -0.164. The highest BCUT2D eigenvalue weighted by Crippen LogP contribution is 2.33. The lowest BCUT2D eigenvalue weighted by Gasteiger charge is -2.29. The molecule has 35 heavy (non-hydrogen) atoms. The number of esters is 1. The van der Waals surface area contributed by atoms with E-state index in [1.165, 1.54) is 14.0 Å². The van der Waals surface area contributed by atoms with Gasteiger partial charge < -0.3 is 33.2 Å². The van der Waals surface area contributed by atoms with Crippen LogP contribution in [0.5, 0.6) is 0 Å². The molecule has 0 aromatic carbocycles. The van der Waals surface area contributed by atoms with Crippen molar-refractivity contribution in [3.8, 4) is 0 Å². The Bertz CT molecular complexity index is 842. The minimum atomic E-state index is -1.32. The number of methoxy groups -OCH3 is 1. The van der Waals surface area contributed by atoms with Crippen LogP contribution in [-0.2, 0) is 39.7 Å². The van der Waals surface area contributed by atoms with E-state index in [9.17, 15) is 14.4 Å². The fourth-order valence-corrected chi connectivity index (χ4v) is 4.08. The van der Waals surface area contributed by atoms with Crippen molar-refractivity contribution in [3.63, 3.8) is 0 Å². The number of ether oxygens (including phenoxy) is 5. The molecule has 1 aromatic heterocycles. The maximum Gasteiger partial charge on any atom is 0.417 e. The molecule has 0 saturated carbocycles. The summed E-state index contributed by atoms with van der Waals surface area (Å²) in [6.07, 6.45) is -2.13. The van der Waals surface area contributed by atoms with Gasteiger partial charge in [-0.25, -0.2) is 9.69 Å². The Morgan fingerprint density at radius 3 is 2.51 bits per heavy atom. The molecule has 2 rings (SSSR count). The van der Waals surface area contributed by atoms with Crippen LogP contribution in [0.15, 0.2) is 15.0 Å². The molecule has 2 amide bonds. The van der Waals surface area contributed by atoms with Gasteiger partial charge in [0.05, 0.1) is 36.9 Å². The average Bonchev–Trinajstić information content (AvgIpc) is 3.37. The molecule has 0 bridgehead atoms. The average molecular weight is 564 g/mol. The second kappa shape index (κ2) is 14.5. The lowest BCUT2D eigenvalue weighted by Crippen LogP contribution is -2.49. The first-order chi connectivity index (χ1) is 16.7. The van der Waals surface area contributed by atoms with Crippen LogP contribution in [0.4, 0.5) is 4.79 Å². The van der Waals surface area contributed by atoms with Gasteiger partial charge in [0.25, 0.3) is 5.91 Å². The van der Waals surface area contributed by atoms with Crippen LogP contribution in [0.25, 0.3) is 0 Å². The fraction of sp³-hybridized carbons (Fsp3) is 0.696.